The fourth-order valence-corrected chi connectivity index (χ4v) is 1.96. The maximum absolute atomic E-state index is 12.0. The summed E-state index contributed by atoms with van der Waals surface area (Å²) in [5.74, 6) is 0.155. The van der Waals surface area contributed by atoms with E-state index in [9.17, 15) is 4.79 Å². The number of benzene rings is 1. The number of Topliss-reactive ketones (excluding diaryl/α,β-unsaturated/α-hetero) is 1. The summed E-state index contributed by atoms with van der Waals surface area (Å²) >= 11 is 0. The minimum atomic E-state index is 0.155. The van der Waals surface area contributed by atoms with E-state index in [2.05, 4.69) is 11.9 Å². The molecule has 0 aliphatic heterocycles. The van der Waals surface area contributed by atoms with Crippen LogP contribution in [0.3, 0.4) is 0 Å². The summed E-state index contributed by atoms with van der Waals surface area (Å²) in [5.41, 5.74) is 9.35. The second-order valence-electron chi connectivity index (χ2n) is 4.65. The number of carbonyl (C=O) groups excluding carboxylic acids is 1. The minimum Gasteiger partial charge on any atom is -0.399 e. The van der Waals surface area contributed by atoms with Crippen LogP contribution < -0.4 is 5.73 Å². The van der Waals surface area contributed by atoms with Crippen LogP contribution in [0.2, 0.25) is 0 Å². The van der Waals surface area contributed by atoms with Gasteiger partial charge in [0.1, 0.15) is 5.78 Å². The summed E-state index contributed by atoms with van der Waals surface area (Å²) in [4.78, 5) is 16.3. The molecule has 0 aliphatic carbocycles. The summed E-state index contributed by atoms with van der Waals surface area (Å²) in [6.07, 6.45) is 3.58. The Balaban J connectivity index is 1.97. The Morgan fingerprint density at radius 1 is 1.16 bits per heavy atom. The number of hydrogen-bond acceptors (Lipinski definition) is 3. The highest BCUT2D eigenvalue weighted by Gasteiger charge is 2.06. The molecule has 0 spiro atoms. The van der Waals surface area contributed by atoms with Gasteiger partial charge in [-0.05, 0) is 35.7 Å². The molecule has 0 radical (unpaired) electrons. The van der Waals surface area contributed by atoms with Gasteiger partial charge in [-0.3, -0.25) is 9.78 Å². The van der Waals surface area contributed by atoms with E-state index >= 15 is 0 Å². The monoisotopic (exact) mass is 254 g/mol. The molecule has 0 fully saturated rings. The van der Waals surface area contributed by atoms with E-state index in [1.165, 1.54) is 5.56 Å². The Morgan fingerprint density at radius 3 is 2.63 bits per heavy atom. The van der Waals surface area contributed by atoms with Crippen LogP contribution in [0.1, 0.15) is 23.7 Å². The number of pyridine rings is 1. The molecule has 3 heteroatoms. The van der Waals surface area contributed by atoms with E-state index < -0.39 is 0 Å². The number of nitrogens with two attached hydrogens (primary N) is 1. The molecule has 1 aromatic heterocycles. The van der Waals surface area contributed by atoms with Crippen LogP contribution in [-0.4, -0.2) is 10.8 Å². The Bertz CT molecular complexity index is 561. The topological polar surface area (TPSA) is 56.0 Å². The Hall–Kier alpha value is -2.16. The van der Waals surface area contributed by atoms with E-state index in [0.29, 0.717) is 18.5 Å². The molecule has 0 aliphatic rings. The summed E-state index contributed by atoms with van der Waals surface area (Å²) in [5, 5.41) is 0. The molecule has 0 atom stereocenters. The van der Waals surface area contributed by atoms with Crippen molar-refractivity contribution < 1.29 is 4.79 Å². The van der Waals surface area contributed by atoms with Gasteiger partial charge in [0.25, 0.3) is 0 Å². The number of nitrogens with zero attached hydrogens (tertiary/aromatic N) is 1. The smallest absolute Gasteiger partial charge is 0.143 e. The van der Waals surface area contributed by atoms with Crippen LogP contribution in [0.4, 0.5) is 5.69 Å². The molecule has 1 aromatic carbocycles. The number of aromatic nitrogens is 1. The predicted octanol–water partition coefficient (Wildman–Crippen LogP) is 2.58. The second-order valence-corrected chi connectivity index (χ2v) is 4.65. The van der Waals surface area contributed by atoms with E-state index in [1.54, 1.807) is 0 Å². The summed E-state index contributed by atoms with van der Waals surface area (Å²) in [6.45, 7) is 2.08. The SMILES string of the molecule is CCc1ccc(CC(=O)Cc2cccc(N)c2)nc1. The third kappa shape index (κ3) is 3.91. The Labute approximate surface area is 113 Å². The maximum Gasteiger partial charge on any atom is 0.143 e. The molecule has 2 rings (SSSR count). The van der Waals surface area contributed by atoms with Crippen molar-refractivity contribution in [1.29, 1.82) is 0 Å². The highest BCUT2D eigenvalue weighted by Crippen LogP contribution is 2.09. The van der Waals surface area contributed by atoms with E-state index in [1.807, 2.05) is 42.6 Å². The van der Waals surface area contributed by atoms with E-state index in [-0.39, 0.29) is 5.78 Å². The summed E-state index contributed by atoms with van der Waals surface area (Å²) in [6, 6.07) is 11.4. The van der Waals surface area contributed by atoms with Crippen LogP contribution in [0.5, 0.6) is 0 Å². The molecular formula is C16H18N2O. The number of rotatable bonds is 5. The summed E-state index contributed by atoms with van der Waals surface area (Å²) < 4.78 is 0. The predicted molar refractivity (Wildman–Crippen MR) is 76.9 cm³/mol. The van der Waals surface area contributed by atoms with Crippen molar-refractivity contribution in [3.05, 3.63) is 59.4 Å². The lowest BCUT2D eigenvalue weighted by molar-refractivity contribution is -0.117. The maximum atomic E-state index is 12.0. The lowest BCUT2D eigenvalue weighted by atomic mass is 10.0. The average Bonchev–Trinajstić information content (AvgIpc) is 2.39. The van der Waals surface area contributed by atoms with Crippen LogP contribution in [0.25, 0.3) is 0 Å². The van der Waals surface area contributed by atoms with Gasteiger partial charge in [-0.1, -0.05) is 25.1 Å². The third-order valence-corrected chi connectivity index (χ3v) is 3.02. The second kappa shape index (κ2) is 6.14. The van der Waals surface area contributed by atoms with Crippen LogP contribution in [0, 0.1) is 0 Å². The molecule has 0 bridgehead atoms. The zero-order chi connectivity index (χ0) is 13.7. The summed E-state index contributed by atoms with van der Waals surface area (Å²) in [7, 11) is 0. The zero-order valence-corrected chi connectivity index (χ0v) is 11.1. The van der Waals surface area contributed by atoms with Crippen molar-refractivity contribution in [2.24, 2.45) is 0 Å². The number of hydrogen-bond donors (Lipinski definition) is 1. The standard InChI is InChI=1S/C16H18N2O/c1-2-12-6-7-15(18-11-12)10-16(19)9-13-4-3-5-14(17)8-13/h3-8,11H,2,9-10,17H2,1H3. The number of ketones is 1. The molecular weight excluding hydrogens is 236 g/mol. The lowest BCUT2D eigenvalue weighted by Crippen LogP contribution is -2.08. The highest BCUT2D eigenvalue weighted by molar-refractivity contribution is 5.82. The largest absolute Gasteiger partial charge is 0.399 e. The van der Waals surface area contributed by atoms with Gasteiger partial charge in [0.2, 0.25) is 0 Å². The minimum absolute atomic E-state index is 0.155. The van der Waals surface area contributed by atoms with Gasteiger partial charge in [0.15, 0.2) is 0 Å². The van der Waals surface area contributed by atoms with Gasteiger partial charge >= 0.3 is 0 Å². The third-order valence-electron chi connectivity index (χ3n) is 3.02. The van der Waals surface area contributed by atoms with Crippen molar-refractivity contribution in [1.82, 2.24) is 4.98 Å². The van der Waals surface area contributed by atoms with E-state index in [0.717, 1.165) is 17.7 Å². The Kier molecular flexibility index (Phi) is 4.29. The molecule has 19 heavy (non-hydrogen) atoms. The number of carbonyl (C=O) groups is 1. The first-order valence-corrected chi connectivity index (χ1v) is 6.47. The molecule has 98 valence electrons. The first-order chi connectivity index (χ1) is 9.17. The van der Waals surface area contributed by atoms with Gasteiger partial charge in [-0.15, -0.1) is 0 Å². The quantitative estimate of drug-likeness (QED) is 0.834. The number of anilines is 1. The molecule has 0 unspecified atom stereocenters. The van der Waals surface area contributed by atoms with E-state index in [4.69, 9.17) is 5.73 Å². The van der Waals surface area contributed by atoms with Crippen molar-refractivity contribution in [2.45, 2.75) is 26.2 Å². The van der Waals surface area contributed by atoms with Crippen LogP contribution >= 0.6 is 0 Å². The van der Waals surface area contributed by atoms with Crippen molar-refractivity contribution in [2.75, 3.05) is 5.73 Å². The fourth-order valence-electron chi connectivity index (χ4n) is 1.96. The number of nitrogen functional groups attached to an aromatic ring is 1. The molecule has 0 amide bonds. The van der Waals surface area contributed by atoms with Gasteiger partial charge in [-0.25, -0.2) is 0 Å². The lowest BCUT2D eigenvalue weighted by Gasteiger charge is -2.03. The first-order valence-electron chi connectivity index (χ1n) is 6.47. The van der Waals surface area contributed by atoms with Gasteiger partial charge < -0.3 is 5.73 Å². The molecule has 2 N–H and O–H groups in total. The normalized spacial score (nSPS) is 10.4. The average molecular weight is 254 g/mol. The molecule has 1 heterocycles. The Morgan fingerprint density at radius 2 is 2.00 bits per heavy atom. The molecule has 0 saturated heterocycles. The van der Waals surface area contributed by atoms with Crippen molar-refractivity contribution in [3.8, 4) is 0 Å². The number of aryl methyl sites for hydroxylation is 1. The molecule has 2 aromatic rings. The zero-order valence-electron chi connectivity index (χ0n) is 11.1. The molecule has 3 nitrogen and oxygen atoms in total. The van der Waals surface area contributed by atoms with Gasteiger partial charge in [0, 0.05) is 30.4 Å². The van der Waals surface area contributed by atoms with Gasteiger partial charge in [0.05, 0.1) is 0 Å². The van der Waals surface area contributed by atoms with Crippen LogP contribution in [-0.2, 0) is 24.1 Å². The highest BCUT2D eigenvalue weighted by atomic mass is 16.1. The first kappa shape index (κ1) is 13.3. The fraction of sp³-hybridized carbons (Fsp3) is 0.250. The van der Waals surface area contributed by atoms with Crippen molar-refractivity contribution in [3.63, 3.8) is 0 Å². The molecule has 0 saturated carbocycles. The van der Waals surface area contributed by atoms with Gasteiger partial charge in [-0.2, -0.15) is 0 Å². The van der Waals surface area contributed by atoms with Crippen LogP contribution in [0.15, 0.2) is 42.6 Å². The van der Waals surface area contributed by atoms with Crippen molar-refractivity contribution >= 4 is 11.5 Å².